The molecule has 0 aliphatic carbocycles. The van der Waals surface area contributed by atoms with Crippen LogP contribution in [0.3, 0.4) is 0 Å². The normalized spacial score (nSPS) is 14.4. The number of thioether (sulfide) groups is 1. The molecule has 0 aliphatic heterocycles. The minimum atomic E-state index is -0.382. The number of benzene rings is 1. The van der Waals surface area contributed by atoms with Gasteiger partial charge in [-0.3, -0.25) is 4.79 Å². The second kappa shape index (κ2) is 6.22. The van der Waals surface area contributed by atoms with E-state index in [0.717, 1.165) is 11.1 Å². The number of carbonyl (C=O) groups excluding carboxylic acids is 1. The zero-order valence-corrected chi connectivity index (χ0v) is 11.7. The summed E-state index contributed by atoms with van der Waals surface area (Å²) in [6.07, 6.45) is -0.382. The molecule has 0 fully saturated rings. The summed E-state index contributed by atoms with van der Waals surface area (Å²) < 4.78 is 0. The number of carbonyl (C=O) groups is 1. The van der Waals surface area contributed by atoms with E-state index < -0.39 is 0 Å². The minimum Gasteiger partial charge on any atom is -0.392 e. The first-order valence-corrected chi connectivity index (χ1v) is 6.87. The van der Waals surface area contributed by atoms with E-state index >= 15 is 0 Å². The molecule has 2 nitrogen and oxygen atoms in total. The third-order valence-corrected chi connectivity index (χ3v) is 4.33. The Kier molecular flexibility index (Phi) is 5.22. The van der Waals surface area contributed by atoms with Gasteiger partial charge < -0.3 is 5.11 Å². The topological polar surface area (TPSA) is 37.3 Å². The van der Waals surface area contributed by atoms with Gasteiger partial charge in [-0.1, -0.05) is 19.1 Å². The average molecular weight is 252 g/mol. The van der Waals surface area contributed by atoms with Crippen molar-refractivity contribution < 1.29 is 9.90 Å². The predicted octanol–water partition coefficient (Wildman–Crippen LogP) is 2.99. The number of Topliss-reactive ketones (excluding diaryl/α,β-unsaturated/α-hetero) is 1. The van der Waals surface area contributed by atoms with Crippen LogP contribution in [0.4, 0.5) is 0 Å². The van der Waals surface area contributed by atoms with E-state index in [4.69, 9.17) is 0 Å². The summed E-state index contributed by atoms with van der Waals surface area (Å²) in [6.45, 7) is 7.73. The first kappa shape index (κ1) is 14.3. The lowest BCUT2D eigenvalue weighted by Crippen LogP contribution is -2.17. The standard InChI is InChI=1S/C14H20O2S/c1-9-5-6-13(7-10(9)2)14(16)8-17-12(4)11(3)15/h5-7,11-12,15H,8H2,1-4H3. The molecule has 0 aromatic heterocycles. The third-order valence-electron chi connectivity index (χ3n) is 2.99. The number of aliphatic hydroxyl groups is 1. The maximum atomic E-state index is 11.9. The van der Waals surface area contributed by atoms with Crippen molar-refractivity contribution in [3.8, 4) is 0 Å². The molecule has 3 heteroatoms. The van der Waals surface area contributed by atoms with Crippen molar-refractivity contribution in [1.29, 1.82) is 0 Å². The summed E-state index contributed by atoms with van der Waals surface area (Å²) in [5.74, 6) is 0.555. The van der Waals surface area contributed by atoms with E-state index in [2.05, 4.69) is 0 Å². The highest BCUT2D eigenvalue weighted by Gasteiger charge is 2.13. The monoisotopic (exact) mass is 252 g/mol. The van der Waals surface area contributed by atoms with Crippen LogP contribution in [0, 0.1) is 13.8 Å². The molecule has 17 heavy (non-hydrogen) atoms. The van der Waals surface area contributed by atoms with Crippen molar-refractivity contribution in [2.45, 2.75) is 39.0 Å². The van der Waals surface area contributed by atoms with Crippen LogP contribution in [-0.2, 0) is 0 Å². The number of ketones is 1. The number of hydrogen-bond donors (Lipinski definition) is 1. The molecular formula is C14H20O2S. The Bertz CT molecular complexity index is 399. The van der Waals surface area contributed by atoms with Crippen LogP contribution in [0.2, 0.25) is 0 Å². The van der Waals surface area contributed by atoms with Gasteiger partial charge in [0.1, 0.15) is 0 Å². The number of aryl methyl sites for hydroxylation is 2. The van der Waals surface area contributed by atoms with Crippen LogP contribution in [-0.4, -0.2) is 28.0 Å². The van der Waals surface area contributed by atoms with Crippen molar-refractivity contribution in [2.24, 2.45) is 0 Å². The molecule has 0 radical (unpaired) electrons. The molecule has 0 spiro atoms. The first-order valence-electron chi connectivity index (χ1n) is 5.82. The molecule has 2 atom stereocenters. The highest BCUT2D eigenvalue weighted by atomic mass is 32.2. The molecule has 0 aliphatic rings. The molecule has 0 heterocycles. The molecule has 1 aromatic rings. The molecule has 2 unspecified atom stereocenters. The van der Waals surface area contributed by atoms with Gasteiger partial charge in [0, 0.05) is 10.8 Å². The molecule has 1 aromatic carbocycles. The lowest BCUT2D eigenvalue weighted by atomic mass is 10.0. The zero-order valence-electron chi connectivity index (χ0n) is 10.9. The highest BCUT2D eigenvalue weighted by Crippen LogP contribution is 2.17. The lowest BCUT2D eigenvalue weighted by molar-refractivity contribution is 0.102. The van der Waals surface area contributed by atoms with Gasteiger partial charge >= 0.3 is 0 Å². The summed E-state index contributed by atoms with van der Waals surface area (Å²) in [7, 11) is 0. The largest absolute Gasteiger partial charge is 0.392 e. The SMILES string of the molecule is Cc1ccc(C(=O)CSC(C)C(C)O)cc1C. The van der Waals surface area contributed by atoms with Gasteiger partial charge in [-0.25, -0.2) is 0 Å². The fraction of sp³-hybridized carbons (Fsp3) is 0.500. The maximum Gasteiger partial charge on any atom is 0.172 e. The molecule has 0 amide bonds. The molecular weight excluding hydrogens is 232 g/mol. The van der Waals surface area contributed by atoms with Gasteiger partial charge in [0.05, 0.1) is 11.9 Å². The van der Waals surface area contributed by atoms with Crippen LogP contribution in [0.15, 0.2) is 18.2 Å². The number of hydrogen-bond acceptors (Lipinski definition) is 3. The van der Waals surface area contributed by atoms with Crippen molar-refractivity contribution >= 4 is 17.5 Å². The second-order valence-corrected chi connectivity index (χ2v) is 5.84. The Balaban J connectivity index is 2.61. The van der Waals surface area contributed by atoms with Crippen LogP contribution in [0.25, 0.3) is 0 Å². The average Bonchev–Trinajstić information content (AvgIpc) is 2.28. The Labute approximate surface area is 107 Å². The predicted molar refractivity (Wildman–Crippen MR) is 73.8 cm³/mol. The van der Waals surface area contributed by atoms with Gasteiger partial charge in [0.15, 0.2) is 5.78 Å². The van der Waals surface area contributed by atoms with E-state index in [-0.39, 0.29) is 17.1 Å². The molecule has 94 valence electrons. The van der Waals surface area contributed by atoms with Crippen molar-refractivity contribution in [2.75, 3.05) is 5.75 Å². The Hall–Kier alpha value is -0.800. The number of rotatable bonds is 5. The van der Waals surface area contributed by atoms with Crippen LogP contribution in [0.5, 0.6) is 0 Å². The maximum absolute atomic E-state index is 11.9. The van der Waals surface area contributed by atoms with Crippen molar-refractivity contribution in [3.05, 3.63) is 34.9 Å². The van der Waals surface area contributed by atoms with Gasteiger partial charge in [0.25, 0.3) is 0 Å². The van der Waals surface area contributed by atoms with E-state index in [1.807, 2.05) is 39.0 Å². The van der Waals surface area contributed by atoms with E-state index in [1.165, 1.54) is 17.3 Å². The van der Waals surface area contributed by atoms with Crippen molar-refractivity contribution in [1.82, 2.24) is 0 Å². The minimum absolute atomic E-state index is 0.0884. The van der Waals surface area contributed by atoms with E-state index in [1.54, 1.807) is 6.92 Å². The second-order valence-electron chi connectivity index (χ2n) is 4.48. The van der Waals surface area contributed by atoms with Crippen LogP contribution < -0.4 is 0 Å². The molecule has 0 saturated heterocycles. The van der Waals surface area contributed by atoms with Crippen molar-refractivity contribution in [3.63, 3.8) is 0 Å². The fourth-order valence-corrected chi connectivity index (χ4v) is 2.20. The first-order chi connectivity index (χ1) is 7.91. The quantitative estimate of drug-likeness (QED) is 0.819. The third kappa shape index (κ3) is 4.17. The molecule has 1 rings (SSSR count). The Morgan fingerprint density at radius 2 is 1.94 bits per heavy atom. The van der Waals surface area contributed by atoms with E-state index in [9.17, 15) is 9.90 Å². The lowest BCUT2D eigenvalue weighted by Gasteiger charge is -2.13. The summed E-state index contributed by atoms with van der Waals surface area (Å²) in [5, 5.41) is 9.44. The van der Waals surface area contributed by atoms with Gasteiger partial charge in [-0.2, -0.15) is 0 Å². The van der Waals surface area contributed by atoms with E-state index in [0.29, 0.717) is 5.75 Å². The summed E-state index contributed by atoms with van der Waals surface area (Å²) in [4.78, 5) is 11.9. The van der Waals surface area contributed by atoms with Gasteiger partial charge in [-0.05, 0) is 38.0 Å². The Morgan fingerprint density at radius 1 is 1.29 bits per heavy atom. The highest BCUT2D eigenvalue weighted by molar-refractivity contribution is 8.00. The smallest absolute Gasteiger partial charge is 0.172 e. The molecule has 0 saturated carbocycles. The van der Waals surface area contributed by atoms with Gasteiger partial charge in [-0.15, -0.1) is 11.8 Å². The zero-order chi connectivity index (χ0) is 13.0. The summed E-state index contributed by atoms with van der Waals surface area (Å²) in [6, 6.07) is 5.79. The van der Waals surface area contributed by atoms with Gasteiger partial charge in [0.2, 0.25) is 0 Å². The fourth-order valence-electron chi connectivity index (χ4n) is 1.34. The molecule has 1 N–H and O–H groups in total. The van der Waals surface area contributed by atoms with Crippen LogP contribution >= 0.6 is 11.8 Å². The summed E-state index contributed by atoms with van der Waals surface area (Å²) in [5.41, 5.74) is 3.11. The molecule has 0 bridgehead atoms. The van der Waals surface area contributed by atoms with Crippen LogP contribution in [0.1, 0.15) is 35.3 Å². The number of aliphatic hydroxyl groups excluding tert-OH is 1. The summed E-state index contributed by atoms with van der Waals surface area (Å²) >= 11 is 1.50. The Morgan fingerprint density at radius 3 is 2.47 bits per heavy atom.